The molecule has 0 amide bonds. The van der Waals surface area contributed by atoms with Crippen LogP contribution in [-0.4, -0.2) is 13.2 Å². The van der Waals surface area contributed by atoms with Crippen LogP contribution in [0.15, 0.2) is 24.3 Å². The van der Waals surface area contributed by atoms with Gasteiger partial charge in [-0.25, -0.2) is 8.78 Å². The minimum absolute atomic E-state index is 0.132. The van der Waals surface area contributed by atoms with Crippen LogP contribution in [0.25, 0.3) is 11.1 Å². The van der Waals surface area contributed by atoms with Crippen molar-refractivity contribution in [2.75, 3.05) is 13.2 Å². The smallest absolute Gasteiger partial charge is 0.201 e. The van der Waals surface area contributed by atoms with E-state index in [-0.39, 0.29) is 27.6 Å². The van der Waals surface area contributed by atoms with Crippen LogP contribution in [0.5, 0.6) is 11.5 Å². The van der Waals surface area contributed by atoms with Gasteiger partial charge in [0, 0.05) is 11.1 Å². The van der Waals surface area contributed by atoms with Gasteiger partial charge in [0.05, 0.1) is 13.2 Å². The number of rotatable bonds is 9. The van der Waals surface area contributed by atoms with E-state index in [0.717, 1.165) is 25.7 Å². The quantitative estimate of drug-likeness (QED) is 0.442. The zero-order valence-electron chi connectivity index (χ0n) is 14.9. The lowest BCUT2D eigenvalue weighted by Gasteiger charge is -2.13. The van der Waals surface area contributed by atoms with E-state index in [1.807, 2.05) is 13.8 Å². The van der Waals surface area contributed by atoms with Crippen LogP contribution in [-0.2, 0) is 0 Å². The zero-order chi connectivity index (χ0) is 19.1. The maximum atomic E-state index is 14.5. The van der Waals surface area contributed by atoms with Gasteiger partial charge in [0.25, 0.3) is 0 Å². The normalized spacial score (nSPS) is 10.8. The lowest BCUT2D eigenvalue weighted by molar-refractivity contribution is 0.286. The van der Waals surface area contributed by atoms with Crippen molar-refractivity contribution >= 4 is 11.6 Å². The van der Waals surface area contributed by atoms with Gasteiger partial charge in [-0.05, 0) is 37.1 Å². The average molecular weight is 387 g/mol. The Kier molecular flexibility index (Phi) is 7.64. The number of ether oxygens (including phenoxy) is 2. The lowest BCUT2D eigenvalue weighted by Crippen LogP contribution is -2.02. The molecule has 6 heteroatoms. The standard InChI is InChI=1S/C20H22ClF3O2/c1-3-5-6-12-26-16-10-8-14(19(23)20(16)24)13-7-9-15(25-11-4-2)17(21)18(13)22/h7-10H,3-6,11-12H2,1-2H3. The Morgan fingerprint density at radius 1 is 0.731 bits per heavy atom. The Morgan fingerprint density at radius 2 is 1.35 bits per heavy atom. The molecule has 2 nitrogen and oxygen atoms in total. The van der Waals surface area contributed by atoms with E-state index in [0.29, 0.717) is 13.2 Å². The lowest BCUT2D eigenvalue weighted by atomic mass is 10.0. The van der Waals surface area contributed by atoms with Crippen LogP contribution < -0.4 is 9.47 Å². The summed E-state index contributed by atoms with van der Waals surface area (Å²) < 4.78 is 53.8. The van der Waals surface area contributed by atoms with Gasteiger partial charge < -0.3 is 9.47 Å². The van der Waals surface area contributed by atoms with Crippen molar-refractivity contribution in [2.45, 2.75) is 39.5 Å². The first-order valence-electron chi connectivity index (χ1n) is 8.73. The Hall–Kier alpha value is -1.88. The maximum Gasteiger partial charge on any atom is 0.201 e. The summed E-state index contributed by atoms with van der Waals surface area (Å²) >= 11 is 5.96. The highest BCUT2D eigenvalue weighted by Crippen LogP contribution is 2.37. The Morgan fingerprint density at radius 3 is 2.00 bits per heavy atom. The summed E-state index contributed by atoms with van der Waals surface area (Å²) in [6, 6.07) is 5.36. The van der Waals surface area contributed by atoms with Crippen molar-refractivity contribution in [3.05, 3.63) is 46.7 Å². The molecule has 0 radical (unpaired) electrons. The van der Waals surface area contributed by atoms with Crippen LogP contribution in [0, 0.1) is 17.5 Å². The molecule has 0 aromatic heterocycles. The van der Waals surface area contributed by atoms with Crippen LogP contribution in [0.3, 0.4) is 0 Å². The third kappa shape index (κ3) is 4.64. The SMILES string of the molecule is CCCCCOc1ccc(-c2ccc(OCCC)c(Cl)c2F)c(F)c1F. The summed E-state index contributed by atoms with van der Waals surface area (Å²) in [5.74, 6) is -3.17. The molecule has 2 rings (SSSR count). The van der Waals surface area contributed by atoms with Gasteiger partial charge in [-0.1, -0.05) is 38.3 Å². The first kappa shape index (κ1) is 20.4. The second-order valence-corrected chi connectivity index (χ2v) is 6.26. The zero-order valence-corrected chi connectivity index (χ0v) is 15.6. The summed E-state index contributed by atoms with van der Waals surface area (Å²) in [6.45, 7) is 4.62. The Labute approximate surface area is 156 Å². The molecule has 0 bridgehead atoms. The predicted molar refractivity (Wildman–Crippen MR) is 97.6 cm³/mol. The van der Waals surface area contributed by atoms with Crippen molar-refractivity contribution in [1.82, 2.24) is 0 Å². The molecular formula is C20H22ClF3O2. The molecule has 2 aromatic carbocycles. The van der Waals surface area contributed by atoms with E-state index < -0.39 is 17.5 Å². The highest BCUT2D eigenvalue weighted by molar-refractivity contribution is 6.32. The maximum absolute atomic E-state index is 14.5. The van der Waals surface area contributed by atoms with E-state index in [1.54, 1.807) is 0 Å². The monoisotopic (exact) mass is 386 g/mol. The molecule has 0 spiro atoms. The summed E-state index contributed by atoms with van der Waals surface area (Å²) in [5, 5.41) is -0.254. The van der Waals surface area contributed by atoms with E-state index in [4.69, 9.17) is 21.1 Å². The highest BCUT2D eigenvalue weighted by atomic mass is 35.5. The first-order chi connectivity index (χ1) is 12.5. The van der Waals surface area contributed by atoms with E-state index in [9.17, 15) is 13.2 Å². The molecule has 0 saturated carbocycles. The van der Waals surface area contributed by atoms with Gasteiger partial charge in [0.2, 0.25) is 5.82 Å². The van der Waals surface area contributed by atoms with Crippen molar-refractivity contribution in [1.29, 1.82) is 0 Å². The fourth-order valence-corrected chi connectivity index (χ4v) is 2.67. The number of hydrogen-bond acceptors (Lipinski definition) is 2. The Balaban J connectivity index is 2.29. The van der Waals surface area contributed by atoms with E-state index in [1.165, 1.54) is 24.3 Å². The van der Waals surface area contributed by atoms with Crippen LogP contribution in [0.2, 0.25) is 5.02 Å². The van der Waals surface area contributed by atoms with E-state index >= 15 is 0 Å². The van der Waals surface area contributed by atoms with Gasteiger partial charge in [0.15, 0.2) is 17.4 Å². The largest absolute Gasteiger partial charge is 0.492 e. The molecule has 0 aliphatic rings. The average Bonchev–Trinajstić information content (AvgIpc) is 2.64. The second-order valence-electron chi connectivity index (χ2n) is 5.88. The van der Waals surface area contributed by atoms with Gasteiger partial charge in [-0.2, -0.15) is 4.39 Å². The minimum Gasteiger partial charge on any atom is -0.492 e. The summed E-state index contributed by atoms with van der Waals surface area (Å²) in [5.41, 5.74) is -0.349. The first-order valence-corrected chi connectivity index (χ1v) is 9.11. The predicted octanol–water partition coefficient (Wildman–Crippen LogP) is 6.78. The molecular weight excluding hydrogens is 365 g/mol. The third-order valence-corrected chi connectivity index (χ3v) is 4.20. The van der Waals surface area contributed by atoms with Crippen molar-refractivity contribution in [3.63, 3.8) is 0 Å². The second kappa shape index (κ2) is 9.72. The molecule has 0 heterocycles. The summed E-state index contributed by atoms with van der Waals surface area (Å²) in [6.07, 6.45) is 3.43. The summed E-state index contributed by atoms with van der Waals surface area (Å²) in [4.78, 5) is 0. The van der Waals surface area contributed by atoms with Gasteiger partial charge in [-0.3, -0.25) is 0 Å². The molecule has 0 aliphatic heterocycles. The fraction of sp³-hybridized carbons (Fsp3) is 0.400. The Bertz CT molecular complexity index is 750. The molecule has 2 aromatic rings. The van der Waals surface area contributed by atoms with Gasteiger partial charge in [-0.15, -0.1) is 0 Å². The number of halogens is 4. The topological polar surface area (TPSA) is 18.5 Å². The molecule has 0 fully saturated rings. The molecule has 26 heavy (non-hydrogen) atoms. The van der Waals surface area contributed by atoms with Crippen LogP contribution in [0.4, 0.5) is 13.2 Å². The van der Waals surface area contributed by atoms with Crippen molar-refractivity contribution in [3.8, 4) is 22.6 Å². The van der Waals surface area contributed by atoms with Crippen molar-refractivity contribution < 1.29 is 22.6 Å². The third-order valence-electron chi connectivity index (χ3n) is 3.85. The molecule has 0 N–H and O–H groups in total. The number of hydrogen-bond donors (Lipinski definition) is 0. The fourth-order valence-electron chi connectivity index (χ4n) is 2.45. The molecule has 0 aliphatic carbocycles. The van der Waals surface area contributed by atoms with Gasteiger partial charge >= 0.3 is 0 Å². The van der Waals surface area contributed by atoms with Crippen LogP contribution in [0.1, 0.15) is 39.5 Å². The summed E-state index contributed by atoms with van der Waals surface area (Å²) in [7, 11) is 0. The molecule has 142 valence electrons. The number of unbranched alkanes of at least 4 members (excludes halogenated alkanes) is 2. The van der Waals surface area contributed by atoms with E-state index in [2.05, 4.69) is 0 Å². The minimum atomic E-state index is -1.17. The highest BCUT2D eigenvalue weighted by Gasteiger charge is 2.21. The molecule has 0 saturated heterocycles. The number of benzene rings is 2. The van der Waals surface area contributed by atoms with Crippen molar-refractivity contribution in [2.24, 2.45) is 0 Å². The van der Waals surface area contributed by atoms with Crippen LogP contribution >= 0.6 is 11.6 Å². The molecule has 0 atom stereocenters. The molecule has 0 unspecified atom stereocenters. The van der Waals surface area contributed by atoms with Gasteiger partial charge in [0.1, 0.15) is 10.8 Å².